The first-order chi connectivity index (χ1) is 9.25. The van der Waals surface area contributed by atoms with Gasteiger partial charge in [-0.1, -0.05) is 18.2 Å². The average Bonchev–Trinajstić information content (AvgIpc) is 2.92. The van der Waals surface area contributed by atoms with Crippen molar-refractivity contribution < 1.29 is 14.6 Å². The summed E-state index contributed by atoms with van der Waals surface area (Å²) in [6.07, 6.45) is 3.30. The van der Waals surface area contributed by atoms with Gasteiger partial charge in [-0.3, -0.25) is 0 Å². The molecule has 2 rings (SSSR count). The third-order valence-electron chi connectivity index (χ3n) is 2.50. The van der Waals surface area contributed by atoms with Crippen LogP contribution in [0.3, 0.4) is 0 Å². The Kier molecular flexibility index (Phi) is 4.75. The van der Waals surface area contributed by atoms with Gasteiger partial charge in [0.2, 0.25) is 0 Å². The van der Waals surface area contributed by atoms with E-state index in [-0.39, 0.29) is 0 Å². The molecule has 0 radical (unpaired) electrons. The summed E-state index contributed by atoms with van der Waals surface area (Å²) in [5, 5.41) is 12.6. The number of hydrogen-bond acceptors (Lipinski definition) is 3. The normalized spacial score (nSPS) is 10.7. The fourth-order valence-electron chi connectivity index (χ4n) is 1.62. The second-order valence-corrected chi connectivity index (χ2v) is 4.70. The van der Waals surface area contributed by atoms with Crippen molar-refractivity contribution in [2.24, 2.45) is 0 Å². The number of benzene rings is 1. The zero-order valence-electron chi connectivity index (χ0n) is 10.3. The molecule has 0 aliphatic heterocycles. The summed E-state index contributed by atoms with van der Waals surface area (Å²) in [5.74, 6) is -0.133. The summed E-state index contributed by atoms with van der Waals surface area (Å²) >= 11 is 1.66. The maximum atomic E-state index is 10.3. The van der Waals surface area contributed by atoms with Crippen LogP contribution < -0.4 is 4.74 Å². The Morgan fingerprint density at radius 3 is 2.95 bits per heavy atom. The zero-order chi connectivity index (χ0) is 13.5. The van der Waals surface area contributed by atoms with Gasteiger partial charge in [0.1, 0.15) is 5.75 Å². The predicted octanol–water partition coefficient (Wildman–Crippen LogP) is 3.82. The highest BCUT2D eigenvalue weighted by Gasteiger charge is 2.00. The van der Waals surface area contributed by atoms with Crippen molar-refractivity contribution in [3.05, 3.63) is 53.2 Å². The molecular weight excluding hydrogens is 260 g/mol. The molecule has 0 fully saturated rings. The number of ether oxygens (including phenoxy) is 1. The van der Waals surface area contributed by atoms with Crippen molar-refractivity contribution in [1.29, 1.82) is 0 Å². The fourth-order valence-corrected chi connectivity index (χ4v) is 2.29. The van der Waals surface area contributed by atoms with Gasteiger partial charge in [-0.25, -0.2) is 4.79 Å². The number of hydrogen-bond donors (Lipinski definition) is 1. The predicted molar refractivity (Wildman–Crippen MR) is 76.6 cm³/mol. The number of carboxylic acids is 1. The highest BCUT2D eigenvalue weighted by molar-refractivity contribution is 7.08. The van der Waals surface area contributed by atoms with Crippen molar-refractivity contribution in [1.82, 2.24) is 0 Å². The molecule has 19 heavy (non-hydrogen) atoms. The van der Waals surface area contributed by atoms with E-state index in [2.05, 4.69) is 11.4 Å². The number of aliphatic carboxylic acids is 1. The first-order valence-electron chi connectivity index (χ1n) is 5.90. The molecule has 0 unspecified atom stereocenters. The van der Waals surface area contributed by atoms with E-state index >= 15 is 0 Å². The van der Waals surface area contributed by atoms with E-state index in [4.69, 9.17) is 9.84 Å². The van der Waals surface area contributed by atoms with Gasteiger partial charge in [0.25, 0.3) is 0 Å². The van der Waals surface area contributed by atoms with Crippen LogP contribution >= 0.6 is 11.3 Å². The van der Waals surface area contributed by atoms with Crippen LogP contribution in [0.1, 0.15) is 6.42 Å². The van der Waals surface area contributed by atoms with Gasteiger partial charge in [0, 0.05) is 6.08 Å². The summed E-state index contributed by atoms with van der Waals surface area (Å²) in [5.41, 5.74) is 2.31. The van der Waals surface area contributed by atoms with Gasteiger partial charge in [-0.05, 0) is 46.5 Å². The molecule has 0 atom stereocenters. The number of thiophene rings is 1. The molecule has 0 saturated heterocycles. The lowest BCUT2D eigenvalue weighted by atomic mass is 10.1. The van der Waals surface area contributed by atoms with Crippen LogP contribution in [-0.4, -0.2) is 17.7 Å². The quantitative estimate of drug-likeness (QED) is 0.643. The molecule has 0 amide bonds. The summed E-state index contributed by atoms with van der Waals surface area (Å²) in [6, 6.07) is 9.95. The molecule has 1 aromatic carbocycles. The molecule has 2 aromatic rings. The third kappa shape index (κ3) is 4.26. The highest BCUT2D eigenvalue weighted by Crippen LogP contribution is 2.25. The Morgan fingerprint density at radius 1 is 1.32 bits per heavy atom. The van der Waals surface area contributed by atoms with Gasteiger partial charge in [-0.15, -0.1) is 0 Å². The molecule has 0 bridgehead atoms. The maximum Gasteiger partial charge on any atom is 0.327 e. The molecule has 1 heterocycles. The lowest BCUT2D eigenvalue weighted by molar-refractivity contribution is -0.131. The fraction of sp³-hybridized carbons (Fsp3) is 0.133. The Hall–Kier alpha value is -2.07. The minimum absolute atomic E-state index is 0.469. The molecular formula is C15H14O3S. The lowest BCUT2D eigenvalue weighted by Gasteiger charge is -2.06. The number of rotatable bonds is 6. The van der Waals surface area contributed by atoms with Crippen LogP contribution in [0.4, 0.5) is 0 Å². The largest absolute Gasteiger partial charge is 0.493 e. The molecule has 0 spiro atoms. The monoisotopic (exact) mass is 274 g/mol. The standard InChI is InChI=1S/C15H14O3S/c16-15(17)6-1-2-8-18-14-5-3-4-12(10-14)13-7-9-19-11-13/h1,3-7,9-11H,2,8H2,(H,16,17). The van der Waals surface area contributed by atoms with E-state index in [1.165, 1.54) is 5.56 Å². The minimum Gasteiger partial charge on any atom is -0.493 e. The zero-order valence-corrected chi connectivity index (χ0v) is 11.1. The second kappa shape index (κ2) is 6.75. The van der Waals surface area contributed by atoms with Gasteiger partial charge in [0.05, 0.1) is 6.61 Å². The van der Waals surface area contributed by atoms with Crippen molar-refractivity contribution in [3.8, 4) is 16.9 Å². The van der Waals surface area contributed by atoms with Crippen molar-refractivity contribution in [2.75, 3.05) is 6.61 Å². The van der Waals surface area contributed by atoms with Crippen LogP contribution in [0, 0.1) is 0 Å². The third-order valence-corrected chi connectivity index (χ3v) is 3.19. The molecule has 0 aliphatic carbocycles. The molecule has 1 aromatic heterocycles. The smallest absolute Gasteiger partial charge is 0.327 e. The molecule has 4 heteroatoms. The number of carboxylic acid groups (broad SMARTS) is 1. The first kappa shape index (κ1) is 13.4. The number of carbonyl (C=O) groups is 1. The summed E-state index contributed by atoms with van der Waals surface area (Å²) in [6.45, 7) is 0.469. The summed E-state index contributed by atoms with van der Waals surface area (Å²) in [4.78, 5) is 10.3. The van der Waals surface area contributed by atoms with Crippen LogP contribution in [-0.2, 0) is 4.79 Å². The van der Waals surface area contributed by atoms with E-state index in [1.54, 1.807) is 17.4 Å². The van der Waals surface area contributed by atoms with Crippen LogP contribution in [0.25, 0.3) is 11.1 Å². The second-order valence-electron chi connectivity index (χ2n) is 3.92. The maximum absolute atomic E-state index is 10.3. The molecule has 1 N–H and O–H groups in total. The van der Waals surface area contributed by atoms with Gasteiger partial charge in [-0.2, -0.15) is 11.3 Å². The Bertz CT molecular complexity index is 559. The van der Waals surface area contributed by atoms with E-state index < -0.39 is 5.97 Å². The van der Waals surface area contributed by atoms with Gasteiger partial charge >= 0.3 is 5.97 Å². The van der Waals surface area contributed by atoms with E-state index in [0.717, 1.165) is 17.4 Å². The van der Waals surface area contributed by atoms with Crippen molar-refractivity contribution in [2.45, 2.75) is 6.42 Å². The Labute approximate surface area is 115 Å². The minimum atomic E-state index is -0.931. The Balaban J connectivity index is 1.91. The average molecular weight is 274 g/mol. The molecule has 3 nitrogen and oxygen atoms in total. The van der Waals surface area contributed by atoms with Crippen LogP contribution in [0.5, 0.6) is 5.75 Å². The van der Waals surface area contributed by atoms with E-state index in [9.17, 15) is 4.79 Å². The van der Waals surface area contributed by atoms with Crippen molar-refractivity contribution >= 4 is 17.3 Å². The van der Waals surface area contributed by atoms with Crippen LogP contribution in [0.15, 0.2) is 53.2 Å². The SMILES string of the molecule is O=C(O)C=CCCOc1cccc(-c2ccsc2)c1. The topological polar surface area (TPSA) is 46.5 Å². The van der Waals surface area contributed by atoms with Gasteiger partial charge < -0.3 is 9.84 Å². The molecule has 98 valence electrons. The van der Waals surface area contributed by atoms with E-state index in [0.29, 0.717) is 13.0 Å². The highest BCUT2D eigenvalue weighted by atomic mass is 32.1. The van der Waals surface area contributed by atoms with E-state index in [1.807, 2.05) is 29.6 Å². The molecule has 0 aliphatic rings. The summed E-state index contributed by atoms with van der Waals surface area (Å²) in [7, 11) is 0. The lowest BCUT2D eigenvalue weighted by Crippen LogP contribution is -1.96. The van der Waals surface area contributed by atoms with Crippen LogP contribution in [0.2, 0.25) is 0 Å². The molecule has 0 saturated carbocycles. The van der Waals surface area contributed by atoms with Gasteiger partial charge in [0.15, 0.2) is 0 Å². The Morgan fingerprint density at radius 2 is 2.21 bits per heavy atom. The van der Waals surface area contributed by atoms with Crippen molar-refractivity contribution in [3.63, 3.8) is 0 Å². The first-order valence-corrected chi connectivity index (χ1v) is 6.85. The summed E-state index contributed by atoms with van der Waals surface area (Å²) < 4.78 is 5.59.